The molecule has 1 aromatic carbocycles. The van der Waals surface area contributed by atoms with Gasteiger partial charge in [-0.25, -0.2) is 0 Å². The topological polar surface area (TPSA) is 55.9 Å². The number of carbonyl (C=O) groups is 2. The van der Waals surface area contributed by atoms with Gasteiger partial charge in [0.25, 0.3) is 5.91 Å². The van der Waals surface area contributed by atoms with Crippen molar-refractivity contribution in [3.63, 3.8) is 0 Å². The van der Waals surface area contributed by atoms with Crippen LogP contribution >= 0.6 is 0 Å². The molecule has 2 aliphatic heterocycles. The summed E-state index contributed by atoms with van der Waals surface area (Å²) in [5, 5.41) is 2.83. The first-order valence-corrected chi connectivity index (χ1v) is 8.14. The Kier molecular flexibility index (Phi) is 4.52. The predicted octanol–water partition coefficient (Wildman–Crippen LogP) is 0.399. The number of nitrogens with zero attached hydrogens (tertiary/aromatic N) is 3. The number of rotatable bonds is 3. The van der Waals surface area contributed by atoms with Crippen LogP contribution in [0.1, 0.15) is 16.8 Å². The Hall–Kier alpha value is -2.08. The van der Waals surface area contributed by atoms with Gasteiger partial charge >= 0.3 is 0 Å². The molecule has 6 nitrogen and oxygen atoms in total. The third-order valence-electron chi connectivity index (χ3n) is 4.73. The number of carbonyl (C=O) groups excluding carboxylic acids is 2. The highest BCUT2D eigenvalue weighted by Crippen LogP contribution is 2.17. The molecular weight excluding hydrogens is 292 g/mol. The molecule has 23 heavy (non-hydrogen) atoms. The highest BCUT2D eigenvalue weighted by Gasteiger charge is 2.30. The normalized spacial score (nSPS) is 22.5. The highest BCUT2D eigenvalue weighted by atomic mass is 16.2. The van der Waals surface area contributed by atoms with E-state index in [1.54, 1.807) is 11.9 Å². The second-order valence-electron chi connectivity index (χ2n) is 6.41. The van der Waals surface area contributed by atoms with E-state index in [9.17, 15) is 9.59 Å². The molecule has 0 bridgehead atoms. The molecule has 0 radical (unpaired) electrons. The number of anilines is 1. The number of benzene rings is 1. The molecule has 2 saturated heterocycles. The van der Waals surface area contributed by atoms with Crippen LogP contribution < -0.4 is 10.2 Å². The van der Waals surface area contributed by atoms with Gasteiger partial charge < -0.3 is 20.0 Å². The minimum absolute atomic E-state index is 0.00703. The first kappa shape index (κ1) is 15.8. The molecule has 124 valence electrons. The number of likely N-dealkylation sites (N-methyl/N-ethyl adjacent to an activating group) is 2. The van der Waals surface area contributed by atoms with E-state index in [2.05, 4.69) is 22.2 Å². The number of hydrogen-bond acceptors (Lipinski definition) is 4. The molecule has 1 atom stereocenters. The van der Waals surface area contributed by atoms with Gasteiger partial charge in [-0.1, -0.05) is 0 Å². The first-order chi connectivity index (χ1) is 11.0. The van der Waals surface area contributed by atoms with E-state index < -0.39 is 0 Å². The Bertz CT molecular complexity index is 579. The lowest BCUT2D eigenvalue weighted by Crippen LogP contribution is -2.44. The number of nitrogens with one attached hydrogen (secondary N) is 1. The lowest BCUT2D eigenvalue weighted by molar-refractivity contribution is -0.128. The van der Waals surface area contributed by atoms with Crippen LogP contribution in [0.2, 0.25) is 0 Å². The Labute approximate surface area is 137 Å². The Balaban J connectivity index is 1.60. The highest BCUT2D eigenvalue weighted by molar-refractivity contribution is 5.98. The lowest BCUT2D eigenvalue weighted by Gasteiger charge is -2.34. The maximum atomic E-state index is 12.3. The maximum Gasteiger partial charge on any atom is 0.251 e. The van der Waals surface area contributed by atoms with Gasteiger partial charge in [-0.2, -0.15) is 0 Å². The van der Waals surface area contributed by atoms with Gasteiger partial charge in [-0.15, -0.1) is 0 Å². The van der Waals surface area contributed by atoms with Gasteiger partial charge in [0.15, 0.2) is 0 Å². The van der Waals surface area contributed by atoms with E-state index in [0.717, 1.165) is 31.9 Å². The zero-order chi connectivity index (χ0) is 16.4. The van der Waals surface area contributed by atoms with Crippen molar-refractivity contribution in [1.82, 2.24) is 15.1 Å². The predicted molar refractivity (Wildman–Crippen MR) is 89.7 cm³/mol. The molecular formula is C17H24N4O2. The van der Waals surface area contributed by atoms with Gasteiger partial charge in [-0.05, 0) is 37.7 Å². The van der Waals surface area contributed by atoms with Gasteiger partial charge in [0.05, 0.1) is 0 Å². The van der Waals surface area contributed by atoms with Crippen LogP contribution in [0.15, 0.2) is 24.3 Å². The average molecular weight is 316 g/mol. The zero-order valence-corrected chi connectivity index (χ0v) is 13.8. The smallest absolute Gasteiger partial charge is 0.251 e. The molecule has 0 aromatic heterocycles. The summed E-state index contributed by atoms with van der Waals surface area (Å²) in [7, 11) is 3.89. The SMILES string of the molecule is CN1CCN(c2ccc(C(=O)N[C@H]3CCN(C)C3=O)cc2)CC1. The maximum absolute atomic E-state index is 12.3. The third kappa shape index (κ3) is 3.47. The molecule has 0 aliphatic carbocycles. The van der Waals surface area contributed by atoms with Gasteiger partial charge in [0.1, 0.15) is 6.04 Å². The van der Waals surface area contributed by atoms with Gasteiger partial charge in [0.2, 0.25) is 5.91 Å². The fourth-order valence-corrected chi connectivity index (χ4v) is 3.09. The van der Waals surface area contributed by atoms with Crippen molar-refractivity contribution in [2.75, 3.05) is 51.7 Å². The van der Waals surface area contributed by atoms with E-state index in [-0.39, 0.29) is 17.9 Å². The molecule has 0 saturated carbocycles. The molecule has 2 aliphatic rings. The molecule has 3 rings (SSSR count). The van der Waals surface area contributed by atoms with Crippen LogP contribution in [-0.4, -0.2) is 74.5 Å². The van der Waals surface area contributed by atoms with Crippen molar-refractivity contribution in [1.29, 1.82) is 0 Å². The molecule has 2 heterocycles. The lowest BCUT2D eigenvalue weighted by atomic mass is 10.1. The Morgan fingerprint density at radius 3 is 2.26 bits per heavy atom. The van der Waals surface area contributed by atoms with Crippen molar-refractivity contribution in [2.45, 2.75) is 12.5 Å². The van der Waals surface area contributed by atoms with Crippen LogP contribution in [0, 0.1) is 0 Å². The van der Waals surface area contributed by atoms with E-state index in [0.29, 0.717) is 18.5 Å². The number of amides is 2. The van der Waals surface area contributed by atoms with Crippen molar-refractivity contribution in [2.24, 2.45) is 0 Å². The standard InChI is InChI=1S/C17H24N4O2/c1-19-9-11-21(12-10-19)14-5-3-13(4-6-14)16(22)18-15-7-8-20(2)17(15)23/h3-6,15H,7-12H2,1-2H3,(H,18,22)/t15-/m0/s1. The summed E-state index contributed by atoms with van der Waals surface area (Å²) < 4.78 is 0. The fourth-order valence-electron chi connectivity index (χ4n) is 3.09. The van der Waals surface area contributed by atoms with Crippen LogP contribution in [0.5, 0.6) is 0 Å². The monoisotopic (exact) mass is 316 g/mol. The number of hydrogen-bond donors (Lipinski definition) is 1. The molecule has 6 heteroatoms. The summed E-state index contributed by atoms with van der Waals surface area (Å²) in [5.41, 5.74) is 1.75. The Morgan fingerprint density at radius 1 is 1.04 bits per heavy atom. The van der Waals surface area contributed by atoms with Crippen molar-refractivity contribution >= 4 is 17.5 Å². The van der Waals surface area contributed by atoms with E-state index in [1.165, 1.54) is 0 Å². The fraction of sp³-hybridized carbons (Fsp3) is 0.529. The second-order valence-corrected chi connectivity index (χ2v) is 6.41. The van der Waals surface area contributed by atoms with Crippen molar-refractivity contribution in [3.8, 4) is 0 Å². The summed E-state index contributed by atoms with van der Waals surface area (Å²) in [6.45, 7) is 4.82. The quantitative estimate of drug-likeness (QED) is 0.877. The largest absolute Gasteiger partial charge is 0.369 e. The van der Waals surface area contributed by atoms with Gasteiger partial charge in [-0.3, -0.25) is 9.59 Å². The molecule has 0 unspecified atom stereocenters. The molecule has 1 N–H and O–H groups in total. The first-order valence-electron chi connectivity index (χ1n) is 8.14. The molecule has 0 spiro atoms. The summed E-state index contributed by atoms with van der Waals surface area (Å²) >= 11 is 0. The minimum atomic E-state index is -0.384. The Morgan fingerprint density at radius 2 is 1.70 bits per heavy atom. The summed E-state index contributed by atoms with van der Waals surface area (Å²) in [6, 6.07) is 7.27. The van der Waals surface area contributed by atoms with E-state index >= 15 is 0 Å². The van der Waals surface area contributed by atoms with E-state index in [1.807, 2.05) is 24.3 Å². The van der Waals surface area contributed by atoms with Crippen molar-refractivity contribution < 1.29 is 9.59 Å². The van der Waals surface area contributed by atoms with E-state index in [4.69, 9.17) is 0 Å². The third-order valence-corrected chi connectivity index (χ3v) is 4.73. The zero-order valence-electron chi connectivity index (χ0n) is 13.8. The van der Waals surface area contributed by atoms with Crippen LogP contribution in [0.3, 0.4) is 0 Å². The number of likely N-dealkylation sites (tertiary alicyclic amines) is 1. The van der Waals surface area contributed by atoms with Crippen LogP contribution in [-0.2, 0) is 4.79 Å². The van der Waals surface area contributed by atoms with Crippen LogP contribution in [0.25, 0.3) is 0 Å². The molecule has 2 amide bonds. The summed E-state index contributed by atoms with van der Waals surface area (Å²) in [5.74, 6) is -0.184. The minimum Gasteiger partial charge on any atom is -0.369 e. The van der Waals surface area contributed by atoms with Crippen LogP contribution in [0.4, 0.5) is 5.69 Å². The average Bonchev–Trinajstić information content (AvgIpc) is 2.88. The molecule has 2 fully saturated rings. The second kappa shape index (κ2) is 6.58. The molecule has 1 aromatic rings. The summed E-state index contributed by atoms with van der Waals surface area (Å²) in [6.07, 6.45) is 0.681. The van der Waals surface area contributed by atoms with Gasteiger partial charge in [0, 0.05) is 51.0 Å². The van der Waals surface area contributed by atoms with Crippen molar-refractivity contribution in [3.05, 3.63) is 29.8 Å². The number of piperazine rings is 1. The summed E-state index contributed by atoms with van der Waals surface area (Å²) in [4.78, 5) is 30.4.